The highest BCUT2D eigenvalue weighted by molar-refractivity contribution is 5.91. The van der Waals surface area contributed by atoms with E-state index >= 15 is 0 Å². The predicted octanol–water partition coefficient (Wildman–Crippen LogP) is 4.47. The number of aromatic nitrogens is 3. The number of nitrogens with one attached hydrogen (secondary N) is 1. The largest absolute Gasteiger partial charge is 0.443 e. The summed E-state index contributed by atoms with van der Waals surface area (Å²) in [5, 5.41) is 7.04. The highest BCUT2D eigenvalue weighted by atomic mass is 19.1. The zero-order valence-corrected chi connectivity index (χ0v) is 17.2. The van der Waals surface area contributed by atoms with E-state index in [4.69, 9.17) is 4.74 Å². The van der Waals surface area contributed by atoms with Gasteiger partial charge in [0.15, 0.2) is 11.9 Å². The molecule has 8 nitrogen and oxygen atoms in total. The third-order valence-electron chi connectivity index (χ3n) is 4.49. The zero-order valence-electron chi connectivity index (χ0n) is 17.2. The number of anilines is 3. The Labute approximate surface area is 176 Å². The van der Waals surface area contributed by atoms with Crippen molar-refractivity contribution >= 4 is 35.3 Å². The molecule has 0 saturated heterocycles. The molecule has 3 aromatic rings. The fraction of sp³-hybridized carbons (Fsp3) is 0.333. The van der Waals surface area contributed by atoms with Gasteiger partial charge in [-0.3, -0.25) is 9.69 Å². The van der Waals surface area contributed by atoms with E-state index in [9.17, 15) is 18.4 Å². The Morgan fingerprint density at radius 1 is 1.23 bits per heavy atom. The molecule has 1 fully saturated rings. The van der Waals surface area contributed by atoms with Crippen LogP contribution < -0.4 is 10.2 Å². The lowest BCUT2D eigenvalue weighted by molar-refractivity contribution is 0.0576. The second kappa shape index (κ2) is 7.60. The van der Waals surface area contributed by atoms with E-state index in [0.717, 1.165) is 31.0 Å². The van der Waals surface area contributed by atoms with Gasteiger partial charge in [0.1, 0.15) is 28.9 Å². The van der Waals surface area contributed by atoms with Crippen LogP contribution in [0.1, 0.15) is 44.0 Å². The minimum absolute atomic E-state index is 0.0937. The minimum Gasteiger partial charge on any atom is -0.443 e. The number of nitrogens with zero attached hydrogens (tertiary/aromatic N) is 4. The van der Waals surface area contributed by atoms with Crippen molar-refractivity contribution in [1.82, 2.24) is 14.6 Å². The molecule has 0 aliphatic heterocycles. The SMILES string of the molecule is CC(C)(C)OC(=O)N(c1cc(Nc2cc(F)cc(F)c2)nc2c(C=O)cnn12)C1CC1. The summed E-state index contributed by atoms with van der Waals surface area (Å²) in [5.41, 5.74) is -0.187. The summed E-state index contributed by atoms with van der Waals surface area (Å²) in [5.74, 6) is -0.996. The summed E-state index contributed by atoms with van der Waals surface area (Å²) in [6.45, 7) is 5.30. The van der Waals surface area contributed by atoms with Crippen molar-refractivity contribution in [3.05, 3.63) is 47.7 Å². The number of aldehydes is 1. The number of halogens is 2. The standard InChI is InChI=1S/C21H21F2N5O3/c1-21(2,3)31-20(30)27(16-4-5-16)18-9-17(25-15-7-13(22)6-14(23)8-15)26-19-12(11-29)10-24-28(18)19/h6-11,16H,4-5H2,1-3H3,(H,25,26). The van der Waals surface area contributed by atoms with Crippen LogP contribution in [0.2, 0.25) is 0 Å². The molecule has 31 heavy (non-hydrogen) atoms. The van der Waals surface area contributed by atoms with Gasteiger partial charge < -0.3 is 10.1 Å². The van der Waals surface area contributed by atoms with Gasteiger partial charge in [-0.25, -0.2) is 18.6 Å². The molecule has 10 heteroatoms. The van der Waals surface area contributed by atoms with E-state index in [1.807, 2.05) is 0 Å². The Bertz CT molecular complexity index is 1150. The molecule has 0 radical (unpaired) electrons. The molecule has 4 rings (SSSR count). The van der Waals surface area contributed by atoms with Crippen molar-refractivity contribution in [3.8, 4) is 0 Å². The van der Waals surface area contributed by atoms with Crippen LogP contribution in [0.15, 0.2) is 30.5 Å². The first-order valence-electron chi connectivity index (χ1n) is 9.74. The van der Waals surface area contributed by atoms with E-state index < -0.39 is 23.3 Å². The number of ether oxygens (including phenoxy) is 1. The van der Waals surface area contributed by atoms with Crippen molar-refractivity contribution < 1.29 is 23.1 Å². The summed E-state index contributed by atoms with van der Waals surface area (Å²) in [6.07, 6.45) is 2.93. The highest BCUT2D eigenvalue weighted by Crippen LogP contribution is 2.35. The number of fused-ring (bicyclic) bond motifs is 1. The number of hydrogen-bond acceptors (Lipinski definition) is 6. The van der Waals surface area contributed by atoms with Crippen LogP contribution in [-0.4, -0.2) is 38.6 Å². The Morgan fingerprint density at radius 3 is 2.48 bits per heavy atom. The molecule has 162 valence electrons. The fourth-order valence-corrected chi connectivity index (χ4v) is 3.13. The van der Waals surface area contributed by atoms with E-state index in [1.165, 1.54) is 21.7 Å². The third kappa shape index (κ3) is 4.47. The smallest absolute Gasteiger partial charge is 0.416 e. The molecule has 0 atom stereocenters. The van der Waals surface area contributed by atoms with Gasteiger partial charge in [0, 0.05) is 23.9 Å². The molecule has 0 bridgehead atoms. The second-order valence-electron chi connectivity index (χ2n) is 8.32. The summed E-state index contributed by atoms with van der Waals surface area (Å²) < 4.78 is 34.2. The summed E-state index contributed by atoms with van der Waals surface area (Å²) >= 11 is 0. The van der Waals surface area contributed by atoms with Crippen LogP contribution in [0.4, 0.5) is 30.9 Å². The van der Waals surface area contributed by atoms with Crippen molar-refractivity contribution in [2.45, 2.75) is 45.3 Å². The van der Waals surface area contributed by atoms with Gasteiger partial charge in [-0.2, -0.15) is 9.61 Å². The molecule has 2 aromatic heterocycles. The lowest BCUT2D eigenvalue weighted by Gasteiger charge is -2.27. The number of hydrogen-bond donors (Lipinski definition) is 1. The first-order valence-corrected chi connectivity index (χ1v) is 9.74. The lowest BCUT2D eigenvalue weighted by atomic mass is 10.2. The zero-order chi connectivity index (χ0) is 22.3. The monoisotopic (exact) mass is 429 g/mol. The van der Waals surface area contributed by atoms with E-state index in [-0.39, 0.29) is 28.8 Å². The fourth-order valence-electron chi connectivity index (χ4n) is 3.13. The van der Waals surface area contributed by atoms with Gasteiger partial charge in [-0.05, 0) is 45.7 Å². The Balaban J connectivity index is 1.82. The summed E-state index contributed by atoms with van der Waals surface area (Å²) in [4.78, 5) is 30.3. The normalized spacial score (nSPS) is 13.8. The summed E-state index contributed by atoms with van der Waals surface area (Å²) in [7, 11) is 0. The molecule has 2 heterocycles. The molecule has 1 saturated carbocycles. The first kappa shape index (κ1) is 20.7. The number of carbonyl (C=O) groups is 2. The van der Waals surface area contributed by atoms with E-state index in [1.54, 1.807) is 20.8 Å². The maximum atomic E-state index is 13.6. The van der Waals surface area contributed by atoms with Crippen molar-refractivity contribution in [1.29, 1.82) is 0 Å². The third-order valence-corrected chi connectivity index (χ3v) is 4.49. The average molecular weight is 429 g/mol. The van der Waals surface area contributed by atoms with Gasteiger partial charge in [0.2, 0.25) is 0 Å². The van der Waals surface area contributed by atoms with E-state index in [2.05, 4.69) is 15.4 Å². The minimum atomic E-state index is -0.755. The number of benzene rings is 1. The molecule has 1 aromatic carbocycles. The van der Waals surface area contributed by atoms with Gasteiger partial charge in [0.25, 0.3) is 0 Å². The molecule has 0 spiro atoms. The summed E-state index contributed by atoms with van der Waals surface area (Å²) in [6, 6.07) is 4.41. The lowest BCUT2D eigenvalue weighted by Crippen LogP contribution is -2.39. The number of rotatable bonds is 5. The van der Waals surface area contributed by atoms with Crippen LogP contribution in [0, 0.1) is 11.6 Å². The maximum Gasteiger partial charge on any atom is 0.416 e. The number of carbonyl (C=O) groups excluding carboxylic acids is 2. The van der Waals surface area contributed by atoms with Crippen molar-refractivity contribution in [2.75, 3.05) is 10.2 Å². The van der Waals surface area contributed by atoms with Gasteiger partial charge in [-0.15, -0.1) is 0 Å². The van der Waals surface area contributed by atoms with Gasteiger partial charge in [0.05, 0.1) is 11.8 Å². The molecule has 1 aliphatic rings. The first-order chi connectivity index (χ1) is 14.6. The Kier molecular flexibility index (Phi) is 5.08. The molecule has 1 aliphatic carbocycles. The number of amides is 1. The topological polar surface area (TPSA) is 88.8 Å². The van der Waals surface area contributed by atoms with Crippen molar-refractivity contribution in [2.24, 2.45) is 0 Å². The maximum absolute atomic E-state index is 13.6. The Hall–Kier alpha value is -3.56. The van der Waals surface area contributed by atoms with Crippen LogP contribution in [0.3, 0.4) is 0 Å². The highest BCUT2D eigenvalue weighted by Gasteiger charge is 2.38. The molecule has 0 unspecified atom stereocenters. The van der Waals surface area contributed by atoms with Crippen LogP contribution >= 0.6 is 0 Å². The average Bonchev–Trinajstić information content (AvgIpc) is 3.38. The van der Waals surface area contributed by atoms with Crippen LogP contribution in [0.5, 0.6) is 0 Å². The van der Waals surface area contributed by atoms with Gasteiger partial charge in [-0.1, -0.05) is 0 Å². The van der Waals surface area contributed by atoms with Crippen LogP contribution in [-0.2, 0) is 4.74 Å². The molecular formula is C21H21F2N5O3. The predicted molar refractivity (Wildman–Crippen MR) is 110 cm³/mol. The second-order valence-corrected chi connectivity index (χ2v) is 8.32. The Morgan fingerprint density at radius 2 is 1.90 bits per heavy atom. The molecular weight excluding hydrogens is 408 g/mol. The van der Waals surface area contributed by atoms with E-state index in [0.29, 0.717) is 12.1 Å². The quantitative estimate of drug-likeness (QED) is 0.602. The molecule has 1 N–H and O–H groups in total. The van der Waals surface area contributed by atoms with Crippen LogP contribution in [0.25, 0.3) is 5.65 Å². The van der Waals surface area contributed by atoms with Gasteiger partial charge >= 0.3 is 6.09 Å². The van der Waals surface area contributed by atoms with Crippen molar-refractivity contribution in [3.63, 3.8) is 0 Å². The molecule has 1 amide bonds.